The molecule has 6 rings (SSSR count). The Morgan fingerprint density at radius 1 is 0.982 bits per heavy atom. The topological polar surface area (TPSA) is 146 Å². The third kappa shape index (κ3) is 6.86. The Hall–Kier alpha value is -3.11. The molecule has 4 saturated carbocycles. The summed E-state index contributed by atoms with van der Waals surface area (Å²) >= 11 is 0. The highest BCUT2D eigenvalue weighted by molar-refractivity contribution is 6.00. The molecule has 1 aromatic heterocycles. The summed E-state index contributed by atoms with van der Waals surface area (Å²) in [6.45, 7) is 20.3. The Kier molecular flexibility index (Phi) is 11.3. The number of aliphatic hydroxyl groups is 1. The van der Waals surface area contributed by atoms with Crippen LogP contribution < -0.4 is 5.32 Å². The number of hydrogen-bond acceptors (Lipinski definition) is 8. The second-order valence-corrected chi connectivity index (χ2v) is 20.7. The quantitative estimate of drug-likeness (QED) is 0.185. The first-order valence-corrected chi connectivity index (χ1v) is 21.3. The van der Waals surface area contributed by atoms with Crippen LogP contribution in [0.1, 0.15) is 132 Å². The van der Waals surface area contributed by atoms with Crippen LogP contribution in [-0.4, -0.2) is 76.1 Å². The molecule has 0 aliphatic heterocycles. The number of likely N-dealkylation sites (N-methyl/N-ethyl adjacent to an activating group) is 1. The molecule has 10 heteroatoms. The van der Waals surface area contributed by atoms with Crippen LogP contribution in [0.25, 0.3) is 0 Å². The van der Waals surface area contributed by atoms with Crippen molar-refractivity contribution in [2.75, 3.05) is 20.1 Å². The highest BCUT2D eigenvalue weighted by Gasteiger charge is 2.71. The first-order chi connectivity index (χ1) is 26.1. The first kappa shape index (κ1) is 42.5. The number of fused-ring (bicyclic) bond motifs is 7. The van der Waals surface area contributed by atoms with Gasteiger partial charge in [0.2, 0.25) is 5.91 Å². The van der Waals surface area contributed by atoms with E-state index in [-0.39, 0.29) is 70.8 Å². The maximum atomic E-state index is 14.2. The van der Waals surface area contributed by atoms with Gasteiger partial charge in [-0.15, -0.1) is 0 Å². The van der Waals surface area contributed by atoms with Gasteiger partial charge in [-0.25, -0.2) is 0 Å². The second kappa shape index (κ2) is 14.9. The zero-order valence-corrected chi connectivity index (χ0v) is 35.8. The lowest BCUT2D eigenvalue weighted by Crippen LogP contribution is -2.66. The van der Waals surface area contributed by atoms with Crippen LogP contribution in [0.3, 0.4) is 0 Å². The fourth-order valence-corrected chi connectivity index (χ4v) is 13.5. The van der Waals surface area contributed by atoms with Gasteiger partial charge in [0.1, 0.15) is 6.10 Å². The third-order valence-corrected chi connectivity index (χ3v) is 16.7. The average Bonchev–Trinajstić information content (AvgIpc) is 3.43. The minimum atomic E-state index is -1.18. The van der Waals surface area contributed by atoms with Crippen LogP contribution in [0.2, 0.25) is 0 Å². The van der Waals surface area contributed by atoms with Crippen LogP contribution >= 0.6 is 0 Å². The largest absolute Gasteiger partial charge is 0.481 e. The molecule has 5 aliphatic rings. The molecule has 1 aromatic rings. The van der Waals surface area contributed by atoms with E-state index in [9.17, 15) is 29.4 Å². The summed E-state index contributed by atoms with van der Waals surface area (Å²) in [7, 11) is 1.63. The number of aromatic nitrogens is 1. The van der Waals surface area contributed by atoms with Gasteiger partial charge in [-0.05, 0) is 123 Å². The fourth-order valence-electron chi connectivity index (χ4n) is 13.5. The number of rotatable bonds is 12. The van der Waals surface area contributed by atoms with Gasteiger partial charge in [-0.3, -0.25) is 29.1 Å². The lowest BCUT2D eigenvalue weighted by molar-refractivity contribution is -0.235. The van der Waals surface area contributed by atoms with Gasteiger partial charge in [0.15, 0.2) is 5.78 Å². The minimum absolute atomic E-state index is 0.00562. The zero-order valence-electron chi connectivity index (χ0n) is 35.8. The SMILES string of the molecule is CNC(=O)CN(Cc1ccccn1)C[C@H](O)C12CC[C@]3(C)[C@H](CC[C@@H]4[C@@]5(C)CCC(OC(=O)CC(C)(C)C(=O)O)C(C)(C)[C@@H]5CC[C@]43C)C1=C(C(C)C)C(=O)C2. The Labute approximate surface area is 335 Å². The number of carboxylic acid groups (broad SMARTS) is 1. The minimum Gasteiger partial charge on any atom is -0.481 e. The van der Waals surface area contributed by atoms with E-state index in [1.807, 2.05) is 23.1 Å². The van der Waals surface area contributed by atoms with Gasteiger partial charge in [0, 0.05) is 43.6 Å². The number of nitrogens with one attached hydrogen (secondary N) is 1. The summed E-state index contributed by atoms with van der Waals surface area (Å²) in [5.74, 6) is -0.408. The van der Waals surface area contributed by atoms with E-state index in [1.165, 1.54) is 5.57 Å². The van der Waals surface area contributed by atoms with Crippen LogP contribution in [0.4, 0.5) is 0 Å². The summed E-state index contributed by atoms with van der Waals surface area (Å²) < 4.78 is 6.17. The summed E-state index contributed by atoms with van der Waals surface area (Å²) in [4.78, 5) is 58.4. The highest BCUT2D eigenvalue weighted by Crippen LogP contribution is 2.77. The molecule has 310 valence electrons. The number of nitrogens with zero attached hydrogens (tertiary/aromatic N) is 2. The van der Waals surface area contributed by atoms with Crippen molar-refractivity contribution in [3.63, 3.8) is 0 Å². The van der Waals surface area contributed by atoms with Crippen LogP contribution in [0.5, 0.6) is 0 Å². The molecular weight excluding hydrogens is 707 g/mol. The van der Waals surface area contributed by atoms with E-state index >= 15 is 0 Å². The Morgan fingerprint density at radius 3 is 2.32 bits per heavy atom. The van der Waals surface area contributed by atoms with Gasteiger partial charge in [-0.2, -0.15) is 0 Å². The number of aliphatic carboxylic acids is 1. The zero-order chi connectivity index (χ0) is 41.2. The summed E-state index contributed by atoms with van der Waals surface area (Å²) in [5.41, 5.74) is 0.769. The summed E-state index contributed by atoms with van der Waals surface area (Å²) in [6, 6.07) is 5.74. The molecular formula is C46H69N3O7. The molecule has 5 aliphatic carbocycles. The number of carbonyl (C=O) groups is 4. The van der Waals surface area contributed by atoms with Gasteiger partial charge in [0.05, 0.1) is 30.2 Å². The molecule has 10 nitrogen and oxygen atoms in total. The number of allylic oxidation sites excluding steroid dienone is 1. The average molecular weight is 776 g/mol. The molecule has 9 atom stereocenters. The molecule has 2 unspecified atom stereocenters. The van der Waals surface area contributed by atoms with Crippen molar-refractivity contribution in [2.24, 2.45) is 56.2 Å². The van der Waals surface area contributed by atoms with Gasteiger partial charge in [0.25, 0.3) is 0 Å². The third-order valence-electron chi connectivity index (χ3n) is 16.7. The molecule has 1 amide bonds. The number of pyridine rings is 1. The standard InChI is InChI=1S/C46H69N3O7/c1-28(2)38-31(50)23-46(34(51)26-49(27-36(52)47-10)25-29-13-11-12-22-48-29)21-20-44(8)30(39(38)46)14-15-33-43(7)18-17-35(56-37(53)24-41(3,4)40(54)55)42(5,6)32(43)16-19-45(33,44)9/h11-13,22,28,30,32-35,51H,14-21,23-27H2,1-10H3,(H,47,52)(H,54,55)/t30-,32+,33-,34+,35?,43+,44-,45-,46?/m1/s1. The van der Waals surface area contributed by atoms with Crippen LogP contribution in [-0.2, 0) is 30.5 Å². The van der Waals surface area contributed by atoms with E-state index in [4.69, 9.17) is 4.74 Å². The molecule has 4 fully saturated rings. The first-order valence-electron chi connectivity index (χ1n) is 21.3. The lowest BCUT2D eigenvalue weighted by atomic mass is 9.33. The van der Waals surface area contributed by atoms with Crippen molar-refractivity contribution in [1.29, 1.82) is 0 Å². The van der Waals surface area contributed by atoms with Gasteiger partial charge in [-0.1, -0.05) is 60.1 Å². The maximum Gasteiger partial charge on any atom is 0.309 e. The van der Waals surface area contributed by atoms with Crippen molar-refractivity contribution >= 4 is 23.6 Å². The maximum absolute atomic E-state index is 14.2. The number of ketones is 1. The Balaban J connectivity index is 1.29. The molecule has 1 heterocycles. The van der Waals surface area contributed by atoms with Crippen molar-refractivity contribution in [1.82, 2.24) is 15.2 Å². The normalized spacial score (nSPS) is 35.6. The molecule has 56 heavy (non-hydrogen) atoms. The monoisotopic (exact) mass is 776 g/mol. The second-order valence-electron chi connectivity index (χ2n) is 20.7. The van der Waals surface area contributed by atoms with Gasteiger partial charge >= 0.3 is 11.9 Å². The Bertz CT molecular complexity index is 1740. The molecule has 0 aromatic carbocycles. The van der Waals surface area contributed by atoms with E-state index < -0.39 is 28.9 Å². The number of amides is 1. The number of esters is 1. The van der Waals surface area contributed by atoms with Gasteiger partial charge < -0.3 is 20.3 Å². The summed E-state index contributed by atoms with van der Waals surface area (Å²) in [5, 5.41) is 24.9. The summed E-state index contributed by atoms with van der Waals surface area (Å²) in [6.07, 6.45) is 8.22. The van der Waals surface area contributed by atoms with E-state index in [1.54, 1.807) is 27.1 Å². The highest BCUT2D eigenvalue weighted by atomic mass is 16.5. The Morgan fingerprint density at radius 2 is 1.70 bits per heavy atom. The molecule has 0 spiro atoms. The van der Waals surface area contributed by atoms with E-state index in [0.717, 1.165) is 62.6 Å². The lowest BCUT2D eigenvalue weighted by Gasteiger charge is -2.72. The van der Waals surface area contributed by atoms with Crippen molar-refractivity contribution in [2.45, 2.75) is 145 Å². The molecule has 0 radical (unpaired) electrons. The smallest absolute Gasteiger partial charge is 0.309 e. The van der Waals surface area contributed by atoms with Crippen molar-refractivity contribution < 1.29 is 34.1 Å². The predicted octanol–water partition coefficient (Wildman–Crippen LogP) is 7.38. The van der Waals surface area contributed by atoms with Crippen LogP contribution in [0, 0.1) is 56.2 Å². The van der Waals surface area contributed by atoms with E-state index in [0.29, 0.717) is 24.8 Å². The number of carbonyl (C=O) groups excluding carboxylic acids is 3. The number of hydrogen-bond donors (Lipinski definition) is 3. The fraction of sp³-hybridized carbons (Fsp3) is 0.761. The van der Waals surface area contributed by atoms with Crippen LogP contribution in [0.15, 0.2) is 35.5 Å². The van der Waals surface area contributed by atoms with E-state index in [2.05, 4.69) is 58.8 Å². The number of ether oxygens (including phenoxy) is 1. The number of Topliss-reactive ketones (excluding diaryl/α,β-unsaturated/α-hetero) is 1. The van der Waals surface area contributed by atoms with Crippen molar-refractivity contribution in [3.8, 4) is 0 Å². The predicted molar refractivity (Wildman–Crippen MR) is 215 cm³/mol. The molecule has 0 bridgehead atoms. The molecule has 0 saturated heterocycles. The van der Waals surface area contributed by atoms with Crippen molar-refractivity contribution in [3.05, 3.63) is 41.2 Å². The molecule has 3 N–H and O–H groups in total. The number of carboxylic acids is 1. The number of aliphatic hydroxyl groups excluding tert-OH is 1.